The summed E-state index contributed by atoms with van der Waals surface area (Å²) in [6, 6.07) is 2.84. The number of benzene rings is 5. The summed E-state index contributed by atoms with van der Waals surface area (Å²) < 4.78 is 17.7. The number of anilines is 2. The maximum Gasteiger partial charge on any atom is 0.194 e. The number of phenols is 1. The summed E-state index contributed by atoms with van der Waals surface area (Å²) in [6.45, 7) is 10.0. The van der Waals surface area contributed by atoms with Crippen LogP contribution >= 0.6 is 0 Å². The van der Waals surface area contributed by atoms with Gasteiger partial charge in [0.25, 0.3) is 0 Å². The molecule has 0 saturated heterocycles. The van der Waals surface area contributed by atoms with Crippen LogP contribution in [0.4, 0.5) is 11.4 Å². The van der Waals surface area contributed by atoms with Gasteiger partial charge in [-0.2, -0.15) is 0 Å². The van der Waals surface area contributed by atoms with Crippen molar-refractivity contribution in [2.75, 3.05) is 32.0 Å². The molecule has 1 aliphatic heterocycles. The first-order chi connectivity index (χ1) is 23.5. The van der Waals surface area contributed by atoms with E-state index >= 15 is 0 Å². The second-order valence-electron chi connectivity index (χ2n) is 13.9. The Morgan fingerprint density at radius 2 is 1.39 bits per heavy atom. The predicted molar refractivity (Wildman–Crippen MR) is 198 cm³/mol. The molecule has 2 unspecified atom stereocenters. The van der Waals surface area contributed by atoms with Gasteiger partial charge < -0.3 is 30.0 Å². The third-order valence-electron chi connectivity index (χ3n) is 11.2. The van der Waals surface area contributed by atoms with Gasteiger partial charge in [0.1, 0.15) is 17.3 Å². The second kappa shape index (κ2) is 11.7. The smallest absolute Gasteiger partial charge is 0.194 e. The van der Waals surface area contributed by atoms with Crippen molar-refractivity contribution < 1.29 is 24.1 Å². The van der Waals surface area contributed by atoms with Gasteiger partial charge in [-0.1, -0.05) is 51.2 Å². The van der Waals surface area contributed by atoms with Crippen molar-refractivity contribution in [1.29, 1.82) is 0 Å². The normalized spacial score (nSPS) is 18.0. The molecule has 0 aromatic heterocycles. The van der Waals surface area contributed by atoms with Crippen molar-refractivity contribution in [3.05, 3.63) is 49.3 Å². The monoisotopic (exact) mass is 664 g/mol. The summed E-state index contributed by atoms with van der Waals surface area (Å²) >= 11 is 0. The lowest BCUT2D eigenvalue weighted by atomic mass is 9.77. The molecule has 2 aliphatic rings. The number of allylic oxidation sites excluding steroid dienone is 1. The van der Waals surface area contributed by atoms with Crippen LogP contribution in [0.2, 0.25) is 0 Å². The Bertz CT molecular complexity index is 2340. The number of ether oxygens (including phenoxy) is 3. The largest absolute Gasteiger partial charge is 0.504 e. The summed E-state index contributed by atoms with van der Waals surface area (Å²) in [5, 5.41) is 23.7. The van der Waals surface area contributed by atoms with Gasteiger partial charge in [-0.15, -0.1) is 0 Å². The highest BCUT2D eigenvalue weighted by Crippen LogP contribution is 2.59. The van der Waals surface area contributed by atoms with Crippen molar-refractivity contribution in [2.45, 2.75) is 90.6 Å². The number of Topliss-reactive ketones (excluding diaryl/α,β-unsaturated/α-hetero) is 1. The van der Waals surface area contributed by atoms with E-state index in [0.717, 1.165) is 55.3 Å². The van der Waals surface area contributed by atoms with E-state index in [0.29, 0.717) is 54.7 Å². The number of hydrogen-bond donors (Lipinski definition) is 3. The van der Waals surface area contributed by atoms with Crippen molar-refractivity contribution in [3.63, 3.8) is 0 Å². The lowest BCUT2D eigenvalue weighted by Gasteiger charge is -2.47. The van der Waals surface area contributed by atoms with Gasteiger partial charge in [-0.05, 0) is 39.0 Å². The number of rotatable bonds is 10. The van der Waals surface area contributed by atoms with Gasteiger partial charge in [0.15, 0.2) is 22.4 Å². The molecular weight excluding hydrogens is 620 g/mol. The van der Waals surface area contributed by atoms with E-state index in [1.807, 2.05) is 13.0 Å². The van der Waals surface area contributed by atoms with Crippen LogP contribution in [0.1, 0.15) is 90.2 Å². The molecule has 9 nitrogen and oxygen atoms in total. The average molecular weight is 665 g/mol. The highest BCUT2D eigenvalue weighted by atomic mass is 16.5. The molecule has 0 radical (unpaired) electrons. The van der Waals surface area contributed by atoms with Gasteiger partial charge >= 0.3 is 0 Å². The number of unbranched alkanes of at least 4 members (excludes halogenated alkanes) is 2. The minimum atomic E-state index is -0.799. The van der Waals surface area contributed by atoms with Gasteiger partial charge in [-0.25, -0.2) is 0 Å². The number of carbonyl (C=O) groups is 1. The highest BCUT2D eigenvalue weighted by Gasteiger charge is 2.43. The van der Waals surface area contributed by atoms with Crippen LogP contribution in [0.5, 0.6) is 23.0 Å². The van der Waals surface area contributed by atoms with Gasteiger partial charge in [0.05, 0.1) is 54.9 Å². The van der Waals surface area contributed by atoms with Crippen LogP contribution in [-0.2, 0) is 4.79 Å². The second-order valence-corrected chi connectivity index (χ2v) is 13.9. The summed E-state index contributed by atoms with van der Waals surface area (Å²) in [6.07, 6.45) is 8.05. The van der Waals surface area contributed by atoms with E-state index in [1.54, 1.807) is 0 Å². The number of phenolic OH excluding ortho intramolecular Hbond substituents is 1. The molecule has 0 amide bonds. The first-order valence-corrected chi connectivity index (χ1v) is 17.3. The number of fused-ring (bicyclic) bond motifs is 4. The van der Waals surface area contributed by atoms with E-state index in [-0.39, 0.29) is 45.4 Å². The molecule has 1 aliphatic carbocycles. The fraction of sp³-hybridized carbons (Fsp3) is 0.425. The predicted octanol–water partition coefficient (Wildman–Crippen LogP) is 8.06. The van der Waals surface area contributed by atoms with Gasteiger partial charge in [0.2, 0.25) is 0 Å². The fourth-order valence-electron chi connectivity index (χ4n) is 8.94. The molecule has 1 heterocycles. The Kier molecular flexibility index (Phi) is 7.80. The molecule has 9 heteroatoms. The maximum atomic E-state index is 14.4. The topological polar surface area (TPSA) is 123 Å². The zero-order valence-electron chi connectivity index (χ0n) is 29.5. The van der Waals surface area contributed by atoms with Gasteiger partial charge in [-0.3, -0.25) is 14.4 Å². The molecule has 3 N–H and O–H groups in total. The Balaban J connectivity index is 1.85. The molecule has 0 saturated carbocycles. The third kappa shape index (κ3) is 4.33. The van der Waals surface area contributed by atoms with Crippen molar-refractivity contribution in [2.24, 2.45) is 0 Å². The molecule has 49 heavy (non-hydrogen) atoms. The zero-order chi connectivity index (χ0) is 35.1. The average Bonchev–Trinajstić information content (AvgIpc) is 3.21. The quantitative estimate of drug-likeness (QED) is 0.100. The van der Waals surface area contributed by atoms with Crippen LogP contribution in [0.15, 0.2) is 27.3 Å². The molecule has 2 atom stereocenters. The SMILES string of the molecule is CCCCC1(CCCC)Nc2c(c3c(=O)cc(OC)c4c5c(OC)cc(=O)c6c(O)c(OC)c7c(c(c2C=C(C)C7C(C)=O)c34)c65)NC1C. The number of ketones is 1. The number of hydrogen-bond acceptors (Lipinski definition) is 9. The Morgan fingerprint density at radius 3 is 1.92 bits per heavy atom. The minimum absolute atomic E-state index is 0.00561. The summed E-state index contributed by atoms with van der Waals surface area (Å²) in [5.41, 5.74) is 2.55. The summed E-state index contributed by atoms with van der Waals surface area (Å²) in [4.78, 5) is 42.0. The molecule has 0 bridgehead atoms. The first-order valence-electron chi connectivity index (χ1n) is 17.3. The minimum Gasteiger partial charge on any atom is -0.504 e. The summed E-state index contributed by atoms with van der Waals surface area (Å²) in [5.74, 6) is -0.615. The van der Waals surface area contributed by atoms with E-state index in [1.165, 1.54) is 40.4 Å². The van der Waals surface area contributed by atoms with E-state index in [4.69, 9.17) is 14.2 Å². The van der Waals surface area contributed by atoms with E-state index < -0.39 is 11.3 Å². The third-order valence-corrected chi connectivity index (χ3v) is 11.2. The zero-order valence-corrected chi connectivity index (χ0v) is 29.5. The standard InChI is InChI=1S/C40H44N2O7/c1-9-11-13-40(14-12-10-2)20(5)41-37-28-22(44)16-24(47-6)30-31-25(48-7)17-23(45)29-34(31)33-27(32(28)30)21(36(37)42-40)15-18(3)26(19(4)43)35(33)39(49-8)38(29)46/h15-17,20,26,41-42,46H,9-14H2,1-8H3. The lowest BCUT2D eigenvalue weighted by Crippen LogP contribution is -2.54. The fourth-order valence-corrected chi connectivity index (χ4v) is 8.94. The number of methoxy groups -OCH3 is 3. The Hall–Kier alpha value is -4.79. The van der Waals surface area contributed by atoms with E-state index in [2.05, 4.69) is 31.4 Å². The molecule has 0 fully saturated rings. The molecular formula is C40H44N2O7. The van der Waals surface area contributed by atoms with Crippen LogP contribution in [0.3, 0.4) is 0 Å². The van der Waals surface area contributed by atoms with Gasteiger partial charge in [0, 0.05) is 56.2 Å². The molecule has 5 aromatic rings. The van der Waals surface area contributed by atoms with Crippen molar-refractivity contribution in [1.82, 2.24) is 0 Å². The number of aromatic hydroxyl groups is 1. The first kappa shape index (κ1) is 32.7. The van der Waals surface area contributed by atoms with E-state index in [9.17, 15) is 19.5 Å². The molecule has 7 rings (SSSR count). The highest BCUT2D eigenvalue weighted by molar-refractivity contribution is 6.41. The Morgan fingerprint density at radius 1 is 0.816 bits per heavy atom. The van der Waals surface area contributed by atoms with Crippen molar-refractivity contribution in [3.8, 4) is 23.0 Å². The van der Waals surface area contributed by atoms with Crippen LogP contribution in [0.25, 0.3) is 49.2 Å². The number of nitrogens with one attached hydrogen (secondary N) is 2. The molecule has 256 valence electrons. The van der Waals surface area contributed by atoms with Crippen LogP contribution < -0.4 is 35.7 Å². The summed E-state index contributed by atoms with van der Waals surface area (Å²) in [7, 11) is 4.43. The van der Waals surface area contributed by atoms with Crippen LogP contribution in [-0.4, -0.2) is 43.8 Å². The molecule has 5 aromatic carbocycles. The number of carbonyl (C=O) groups excluding carboxylic acids is 1. The van der Waals surface area contributed by atoms with Crippen LogP contribution in [0, 0.1) is 0 Å². The van der Waals surface area contributed by atoms with Crippen molar-refractivity contribution >= 4 is 66.3 Å². The maximum absolute atomic E-state index is 14.4. The lowest BCUT2D eigenvalue weighted by molar-refractivity contribution is -0.117. The molecule has 0 spiro atoms. The Labute approximate surface area is 284 Å².